The number of hydrogen-bond donors (Lipinski definition) is 1. The molecule has 2 unspecified atom stereocenters. The summed E-state index contributed by atoms with van der Waals surface area (Å²) in [6.45, 7) is 3.87. The highest BCUT2D eigenvalue weighted by Gasteiger charge is 2.24. The Hall–Kier alpha value is -1.55. The van der Waals surface area contributed by atoms with Gasteiger partial charge in [0.2, 0.25) is 0 Å². The van der Waals surface area contributed by atoms with Gasteiger partial charge in [0.05, 0.1) is 5.56 Å². The molecule has 0 saturated heterocycles. The highest BCUT2D eigenvalue weighted by Crippen LogP contribution is 2.27. The molecule has 4 heteroatoms. The fourth-order valence-electron chi connectivity index (χ4n) is 3.12. The summed E-state index contributed by atoms with van der Waals surface area (Å²) in [5.74, 6) is 0.580. The van der Waals surface area contributed by atoms with Crippen LogP contribution in [0.25, 0.3) is 0 Å². The first-order chi connectivity index (χ1) is 10.1. The fraction of sp³-hybridized carbons (Fsp3) is 0.588. The molecule has 0 heterocycles. The van der Waals surface area contributed by atoms with Crippen LogP contribution in [0.5, 0.6) is 5.75 Å². The second-order valence-corrected chi connectivity index (χ2v) is 5.99. The molecule has 1 aromatic rings. The third-order valence-corrected chi connectivity index (χ3v) is 4.45. The van der Waals surface area contributed by atoms with E-state index in [2.05, 4.69) is 18.9 Å². The van der Waals surface area contributed by atoms with Crippen LogP contribution in [0.15, 0.2) is 24.3 Å². The topological polar surface area (TPSA) is 49.8 Å². The highest BCUT2D eigenvalue weighted by molar-refractivity contribution is 5.87. The second-order valence-electron chi connectivity index (χ2n) is 5.99. The van der Waals surface area contributed by atoms with Gasteiger partial charge in [-0.3, -0.25) is 4.90 Å². The van der Waals surface area contributed by atoms with Gasteiger partial charge >= 0.3 is 5.97 Å². The van der Waals surface area contributed by atoms with Gasteiger partial charge < -0.3 is 9.84 Å². The standard InChI is InChI=1S/C17H25NO3/c1-13-5-3-4-6-16(13)18(2)11-12-21-15-9-7-14(8-10-15)17(19)20/h7-10,13,16H,3-6,11-12H2,1-2H3,(H,19,20). The first-order valence-electron chi connectivity index (χ1n) is 7.74. The minimum Gasteiger partial charge on any atom is -0.492 e. The Morgan fingerprint density at radius 3 is 2.57 bits per heavy atom. The van der Waals surface area contributed by atoms with Crippen molar-refractivity contribution in [3.8, 4) is 5.75 Å². The summed E-state index contributed by atoms with van der Waals surface area (Å²) in [6.07, 6.45) is 5.30. The van der Waals surface area contributed by atoms with Crippen LogP contribution in [0.1, 0.15) is 43.0 Å². The van der Waals surface area contributed by atoms with Crippen molar-refractivity contribution in [1.29, 1.82) is 0 Å². The average Bonchev–Trinajstić information content (AvgIpc) is 2.48. The number of likely N-dealkylation sites (N-methyl/N-ethyl adjacent to an activating group) is 1. The molecule has 1 aliphatic carbocycles. The second kappa shape index (κ2) is 7.46. The molecular weight excluding hydrogens is 266 g/mol. The molecule has 2 atom stereocenters. The average molecular weight is 291 g/mol. The largest absolute Gasteiger partial charge is 0.492 e. The number of rotatable bonds is 6. The Balaban J connectivity index is 1.76. The van der Waals surface area contributed by atoms with E-state index < -0.39 is 5.97 Å². The van der Waals surface area contributed by atoms with Crippen LogP contribution >= 0.6 is 0 Å². The molecule has 0 aliphatic heterocycles. The van der Waals surface area contributed by atoms with E-state index in [-0.39, 0.29) is 5.56 Å². The van der Waals surface area contributed by atoms with Gasteiger partial charge in [0, 0.05) is 12.6 Å². The van der Waals surface area contributed by atoms with Crippen molar-refractivity contribution in [2.24, 2.45) is 5.92 Å². The smallest absolute Gasteiger partial charge is 0.335 e. The highest BCUT2D eigenvalue weighted by atomic mass is 16.5. The lowest BCUT2D eigenvalue weighted by Gasteiger charge is -2.36. The van der Waals surface area contributed by atoms with Gasteiger partial charge in [-0.05, 0) is 50.1 Å². The number of carbonyl (C=O) groups is 1. The van der Waals surface area contributed by atoms with Crippen LogP contribution in [0.3, 0.4) is 0 Å². The number of hydrogen-bond acceptors (Lipinski definition) is 3. The van der Waals surface area contributed by atoms with Crippen molar-refractivity contribution < 1.29 is 14.6 Å². The molecule has 1 N–H and O–H groups in total. The molecule has 21 heavy (non-hydrogen) atoms. The summed E-state index contributed by atoms with van der Waals surface area (Å²) in [6, 6.07) is 7.24. The van der Waals surface area contributed by atoms with Crippen LogP contribution in [0.2, 0.25) is 0 Å². The zero-order chi connectivity index (χ0) is 15.2. The van der Waals surface area contributed by atoms with Crippen LogP contribution in [0, 0.1) is 5.92 Å². The number of benzene rings is 1. The lowest BCUT2D eigenvalue weighted by molar-refractivity contribution is 0.0697. The summed E-state index contributed by atoms with van der Waals surface area (Å²) in [5, 5.41) is 8.85. The normalized spacial score (nSPS) is 22.2. The van der Waals surface area contributed by atoms with E-state index in [1.165, 1.54) is 25.7 Å². The minimum atomic E-state index is -0.910. The number of aromatic carboxylic acids is 1. The van der Waals surface area contributed by atoms with Gasteiger partial charge in [0.15, 0.2) is 0 Å². The Morgan fingerprint density at radius 1 is 1.29 bits per heavy atom. The van der Waals surface area contributed by atoms with Crippen molar-refractivity contribution in [1.82, 2.24) is 4.90 Å². The number of carboxylic acids is 1. The van der Waals surface area contributed by atoms with E-state index in [0.717, 1.165) is 18.2 Å². The van der Waals surface area contributed by atoms with Gasteiger partial charge in [-0.25, -0.2) is 4.79 Å². The zero-order valence-electron chi connectivity index (χ0n) is 12.9. The quantitative estimate of drug-likeness (QED) is 0.874. The fourth-order valence-corrected chi connectivity index (χ4v) is 3.12. The van der Waals surface area contributed by atoms with E-state index in [1.807, 2.05) is 0 Å². The Morgan fingerprint density at radius 2 is 1.95 bits per heavy atom. The summed E-state index contributed by atoms with van der Waals surface area (Å²) < 4.78 is 5.70. The Labute approximate surface area is 126 Å². The first-order valence-corrected chi connectivity index (χ1v) is 7.74. The van der Waals surface area contributed by atoms with Crippen LogP contribution in [-0.4, -0.2) is 42.2 Å². The molecule has 0 radical (unpaired) electrons. The third kappa shape index (κ3) is 4.46. The maximum atomic E-state index is 10.8. The molecule has 1 saturated carbocycles. The van der Waals surface area contributed by atoms with Gasteiger partial charge in [-0.2, -0.15) is 0 Å². The molecule has 1 aromatic carbocycles. The predicted octanol–water partition coefficient (Wildman–Crippen LogP) is 3.27. The monoisotopic (exact) mass is 291 g/mol. The molecule has 0 aromatic heterocycles. The minimum absolute atomic E-state index is 0.287. The van der Waals surface area contributed by atoms with Crippen LogP contribution in [-0.2, 0) is 0 Å². The van der Waals surface area contributed by atoms with Crippen molar-refractivity contribution >= 4 is 5.97 Å². The van der Waals surface area contributed by atoms with E-state index in [4.69, 9.17) is 9.84 Å². The van der Waals surface area contributed by atoms with Crippen molar-refractivity contribution in [2.45, 2.75) is 38.6 Å². The molecule has 4 nitrogen and oxygen atoms in total. The van der Waals surface area contributed by atoms with Gasteiger partial charge in [-0.15, -0.1) is 0 Å². The SMILES string of the molecule is CC1CCCCC1N(C)CCOc1ccc(C(=O)O)cc1. The maximum Gasteiger partial charge on any atom is 0.335 e. The van der Waals surface area contributed by atoms with E-state index in [1.54, 1.807) is 24.3 Å². The van der Waals surface area contributed by atoms with Crippen molar-refractivity contribution in [2.75, 3.05) is 20.2 Å². The Bertz CT molecular complexity index is 458. The van der Waals surface area contributed by atoms with Gasteiger partial charge in [0.1, 0.15) is 12.4 Å². The van der Waals surface area contributed by atoms with Crippen molar-refractivity contribution in [3.05, 3.63) is 29.8 Å². The molecule has 0 bridgehead atoms. The molecule has 2 rings (SSSR count). The first kappa shape index (κ1) is 15.8. The molecule has 1 aliphatic rings. The number of carboxylic acid groups (broad SMARTS) is 1. The van der Waals surface area contributed by atoms with Crippen LogP contribution in [0.4, 0.5) is 0 Å². The third-order valence-electron chi connectivity index (χ3n) is 4.45. The maximum absolute atomic E-state index is 10.8. The molecule has 0 amide bonds. The summed E-state index contributed by atoms with van der Waals surface area (Å²) in [4.78, 5) is 13.2. The lowest BCUT2D eigenvalue weighted by atomic mass is 9.85. The zero-order valence-corrected chi connectivity index (χ0v) is 12.9. The number of nitrogens with zero attached hydrogens (tertiary/aromatic N) is 1. The molecule has 116 valence electrons. The van der Waals surface area contributed by atoms with Gasteiger partial charge in [-0.1, -0.05) is 19.8 Å². The lowest BCUT2D eigenvalue weighted by Crippen LogP contribution is -2.40. The number of ether oxygens (including phenoxy) is 1. The molecular formula is C17H25NO3. The summed E-state index contributed by atoms with van der Waals surface area (Å²) in [5.41, 5.74) is 0.287. The van der Waals surface area contributed by atoms with Crippen LogP contribution < -0.4 is 4.74 Å². The predicted molar refractivity (Wildman–Crippen MR) is 82.9 cm³/mol. The van der Waals surface area contributed by atoms with E-state index in [0.29, 0.717) is 12.6 Å². The van der Waals surface area contributed by atoms with Gasteiger partial charge in [0.25, 0.3) is 0 Å². The van der Waals surface area contributed by atoms with Crippen molar-refractivity contribution in [3.63, 3.8) is 0 Å². The summed E-state index contributed by atoms with van der Waals surface area (Å²) in [7, 11) is 2.17. The molecule has 0 spiro atoms. The van der Waals surface area contributed by atoms with E-state index in [9.17, 15) is 4.79 Å². The Kier molecular flexibility index (Phi) is 5.62. The summed E-state index contributed by atoms with van der Waals surface area (Å²) >= 11 is 0. The van der Waals surface area contributed by atoms with E-state index >= 15 is 0 Å². The molecule has 1 fully saturated rings.